The van der Waals surface area contributed by atoms with Crippen LogP contribution in [0.1, 0.15) is 23.1 Å². The first-order valence-electron chi connectivity index (χ1n) is 9.32. The molecule has 1 nitrogen and oxygen atoms in total. The van der Waals surface area contributed by atoms with Gasteiger partial charge in [0.2, 0.25) is 0 Å². The maximum Gasteiger partial charge on any atom is 0.0910 e. The summed E-state index contributed by atoms with van der Waals surface area (Å²) in [5.74, 6) is 0. The second-order valence-corrected chi connectivity index (χ2v) is 8.58. The summed E-state index contributed by atoms with van der Waals surface area (Å²) in [6, 6.07) is 33.0. The second kappa shape index (κ2) is 7.69. The summed E-state index contributed by atoms with van der Waals surface area (Å²) in [4.78, 5) is 2.45. The lowest BCUT2D eigenvalue weighted by Crippen LogP contribution is -2.29. The minimum Gasteiger partial charge on any atom is -0.305 e. The summed E-state index contributed by atoms with van der Waals surface area (Å²) in [6.07, 6.45) is 1.25. The molecule has 1 aliphatic rings. The Kier molecular flexibility index (Phi) is 5.14. The molecule has 1 atom stereocenters. The van der Waals surface area contributed by atoms with Gasteiger partial charge < -0.3 is 4.90 Å². The van der Waals surface area contributed by atoms with Gasteiger partial charge in [-0.1, -0.05) is 91.0 Å². The first-order chi connectivity index (χ1) is 12.8. The van der Waals surface area contributed by atoms with Crippen LogP contribution < -0.4 is 0 Å². The monoisotopic (exact) mass is 359 g/mol. The van der Waals surface area contributed by atoms with Crippen LogP contribution in [0.5, 0.6) is 0 Å². The first kappa shape index (κ1) is 17.4. The van der Waals surface area contributed by atoms with E-state index < -0.39 is 0 Å². The van der Waals surface area contributed by atoms with Crippen LogP contribution in [0.3, 0.4) is 0 Å². The van der Waals surface area contributed by atoms with Gasteiger partial charge in [-0.2, -0.15) is 0 Å². The predicted molar refractivity (Wildman–Crippen MR) is 113 cm³/mol. The third-order valence-electron chi connectivity index (χ3n) is 5.23. The Balaban J connectivity index is 1.91. The highest BCUT2D eigenvalue weighted by Gasteiger charge is 2.40. The van der Waals surface area contributed by atoms with E-state index in [0.29, 0.717) is 5.25 Å². The van der Waals surface area contributed by atoms with Gasteiger partial charge in [0.25, 0.3) is 0 Å². The number of nitrogens with zero attached hydrogens (tertiary/aromatic N) is 1. The quantitative estimate of drug-likeness (QED) is 0.560. The zero-order valence-electron chi connectivity index (χ0n) is 15.2. The Hall–Kier alpha value is -2.03. The van der Waals surface area contributed by atoms with Gasteiger partial charge in [0.1, 0.15) is 0 Å². The number of rotatable bonds is 5. The topological polar surface area (TPSA) is 3.24 Å². The third-order valence-corrected chi connectivity index (χ3v) is 7.01. The molecule has 1 unspecified atom stereocenters. The average molecular weight is 360 g/mol. The molecule has 132 valence electrons. The highest BCUT2D eigenvalue weighted by Crippen LogP contribution is 2.51. The summed E-state index contributed by atoms with van der Waals surface area (Å²) in [5, 5.41) is 0.626. The fourth-order valence-corrected chi connectivity index (χ4v) is 5.83. The van der Waals surface area contributed by atoms with Gasteiger partial charge >= 0.3 is 0 Å². The van der Waals surface area contributed by atoms with E-state index in [9.17, 15) is 0 Å². The van der Waals surface area contributed by atoms with Crippen molar-refractivity contribution in [2.45, 2.75) is 16.4 Å². The molecule has 0 aromatic heterocycles. The van der Waals surface area contributed by atoms with Crippen LogP contribution in [-0.2, 0) is 4.75 Å². The maximum atomic E-state index is 2.45. The van der Waals surface area contributed by atoms with E-state index in [0.717, 1.165) is 6.54 Å². The van der Waals surface area contributed by atoms with Crippen LogP contribution >= 0.6 is 11.8 Å². The Bertz CT molecular complexity index is 720. The highest BCUT2D eigenvalue weighted by atomic mass is 32.2. The Morgan fingerprint density at radius 1 is 0.731 bits per heavy atom. The number of likely N-dealkylation sites (tertiary alicyclic amines) is 1. The van der Waals surface area contributed by atoms with Crippen molar-refractivity contribution in [3.63, 3.8) is 0 Å². The van der Waals surface area contributed by atoms with E-state index in [2.05, 4.69) is 115 Å². The van der Waals surface area contributed by atoms with Crippen molar-refractivity contribution in [3.8, 4) is 0 Å². The fourth-order valence-electron chi connectivity index (χ4n) is 3.96. The highest BCUT2D eigenvalue weighted by molar-refractivity contribution is 8.01. The molecule has 4 rings (SSSR count). The molecule has 0 saturated carbocycles. The molecule has 1 saturated heterocycles. The minimum absolute atomic E-state index is 0.181. The van der Waals surface area contributed by atoms with Crippen LogP contribution in [0.15, 0.2) is 91.0 Å². The maximum absolute atomic E-state index is 2.45. The smallest absolute Gasteiger partial charge is 0.0910 e. The molecule has 3 aromatic rings. The van der Waals surface area contributed by atoms with E-state index >= 15 is 0 Å². The van der Waals surface area contributed by atoms with Gasteiger partial charge in [0, 0.05) is 11.8 Å². The molecule has 3 aromatic carbocycles. The number of benzene rings is 3. The SMILES string of the molecule is CN1CCC(SC(c2ccccc2)(c2ccccc2)c2ccccc2)C1. The van der Waals surface area contributed by atoms with Crippen molar-refractivity contribution in [2.24, 2.45) is 0 Å². The average Bonchev–Trinajstić information content (AvgIpc) is 3.13. The molecule has 0 radical (unpaired) electrons. The van der Waals surface area contributed by atoms with Crippen LogP contribution in [-0.4, -0.2) is 30.3 Å². The number of hydrogen-bond acceptors (Lipinski definition) is 2. The summed E-state index contributed by atoms with van der Waals surface area (Å²) >= 11 is 2.12. The van der Waals surface area contributed by atoms with E-state index in [1.165, 1.54) is 29.7 Å². The largest absolute Gasteiger partial charge is 0.305 e. The Morgan fingerprint density at radius 3 is 1.50 bits per heavy atom. The lowest BCUT2D eigenvalue weighted by atomic mass is 9.84. The Morgan fingerprint density at radius 2 is 1.15 bits per heavy atom. The van der Waals surface area contributed by atoms with Crippen LogP contribution in [0.2, 0.25) is 0 Å². The zero-order valence-corrected chi connectivity index (χ0v) is 16.0. The van der Waals surface area contributed by atoms with Gasteiger partial charge in [-0.15, -0.1) is 11.8 Å². The molecule has 0 amide bonds. The number of hydrogen-bond donors (Lipinski definition) is 0. The molecule has 0 aliphatic carbocycles. The summed E-state index contributed by atoms with van der Waals surface area (Å²) in [7, 11) is 2.23. The van der Waals surface area contributed by atoms with E-state index in [1.54, 1.807) is 0 Å². The summed E-state index contributed by atoms with van der Waals surface area (Å²) in [5.41, 5.74) is 4.07. The molecular weight excluding hydrogens is 334 g/mol. The van der Waals surface area contributed by atoms with Crippen LogP contribution in [0.4, 0.5) is 0 Å². The van der Waals surface area contributed by atoms with Crippen molar-refractivity contribution in [2.75, 3.05) is 20.1 Å². The van der Waals surface area contributed by atoms with Crippen LogP contribution in [0.25, 0.3) is 0 Å². The molecule has 0 bridgehead atoms. The van der Waals surface area contributed by atoms with E-state index in [4.69, 9.17) is 0 Å². The Labute approximate surface area is 161 Å². The second-order valence-electron chi connectivity index (χ2n) is 7.07. The summed E-state index contributed by atoms with van der Waals surface area (Å²) < 4.78 is -0.181. The molecule has 1 aliphatic heterocycles. The molecule has 0 spiro atoms. The fraction of sp³-hybridized carbons (Fsp3) is 0.250. The molecule has 26 heavy (non-hydrogen) atoms. The van der Waals surface area contributed by atoms with Crippen molar-refractivity contribution in [1.29, 1.82) is 0 Å². The van der Waals surface area contributed by atoms with E-state index in [-0.39, 0.29) is 4.75 Å². The molecule has 0 N–H and O–H groups in total. The lowest BCUT2D eigenvalue weighted by molar-refractivity contribution is 0.419. The first-order valence-corrected chi connectivity index (χ1v) is 10.2. The molecule has 2 heteroatoms. The normalized spacial score (nSPS) is 18.1. The lowest BCUT2D eigenvalue weighted by Gasteiger charge is -2.37. The molecule has 1 fully saturated rings. The van der Waals surface area contributed by atoms with Crippen LogP contribution in [0, 0.1) is 0 Å². The van der Waals surface area contributed by atoms with Crippen molar-refractivity contribution < 1.29 is 0 Å². The zero-order chi connectivity index (χ0) is 17.8. The van der Waals surface area contributed by atoms with Crippen molar-refractivity contribution >= 4 is 11.8 Å². The van der Waals surface area contributed by atoms with Crippen molar-refractivity contribution in [1.82, 2.24) is 4.90 Å². The van der Waals surface area contributed by atoms with Gasteiger partial charge in [0.15, 0.2) is 0 Å². The predicted octanol–water partition coefficient (Wildman–Crippen LogP) is 5.42. The van der Waals surface area contributed by atoms with Crippen molar-refractivity contribution in [3.05, 3.63) is 108 Å². The standard InChI is InChI=1S/C24H25NS/c1-25-18-17-23(19-25)26-24(20-11-5-2-6-12-20,21-13-7-3-8-14-21)22-15-9-4-10-16-22/h2-16,23H,17-19H2,1H3. The van der Waals surface area contributed by atoms with Gasteiger partial charge in [0.05, 0.1) is 4.75 Å². The third kappa shape index (κ3) is 3.32. The summed E-state index contributed by atoms with van der Waals surface area (Å²) in [6.45, 7) is 2.34. The number of thioether (sulfide) groups is 1. The van der Waals surface area contributed by atoms with Gasteiger partial charge in [-0.25, -0.2) is 0 Å². The van der Waals surface area contributed by atoms with Gasteiger partial charge in [-0.05, 0) is 36.7 Å². The minimum atomic E-state index is -0.181. The molecule has 1 heterocycles. The van der Waals surface area contributed by atoms with E-state index in [1.807, 2.05) is 0 Å². The molecular formula is C24H25NS. The van der Waals surface area contributed by atoms with Gasteiger partial charge in [-0.3, -0.25) is 0 Å².